The summed E-state index contributed by atoms with van der Waals surface area (Å²) < 4.78 is 26.3. The van der Waals surface area contributed by atoms with Crippen LogP contribution in [-0.4, -0.2) is 20.1 Å². The molecule has 0 heterocycles. The standard InChI is InChI=1S/C22H17Cl2NO4S/c23-18-12-11-17(13-19(18)24)25-22(27)20(26)21(16-9-5-2-6-10-16)30(28,29)14-15-7-3-1-4-8-15/h1-13,21H,14H2,(H,25,27)/t21-/m0/s1. The van der Waals surface area contributed by atoms with Crippen molar-refractivity contribution in [3.05, 3.63) is 100 Å². The molecule has 1 amide bonds. The SMILES string of the molecule is O=C(Nc1ccc(Cl)c(Cl)c1)C(=O)[C@H](c1ccccc1)S(=O)(=O)Cc1ccccc1. The van der Waals surface area contributed by atoms with Gasteiger partial charge in [-0.3, -0.25) is 9.59 Å². The molecule has 30 heavy (non-hydrogen) atoms. The quantitative estimate of drug-likeness (QED) is 0.509. The zero-order valence-electron chi connectivity index (χ0n) is 15.6. The highest BCUT2D eigenvalue weighted by Gasteiger charge is 2.38. The summed E-state index contributed by atoms with van der Waals surface area (Å²) in [7, 11) is -4.04. The maximum Gasteiger partial charge on any atom is 0.293 e. The molecule has 0 radical (unpaired) electrons. The highest BCUT2D eigenvalue weighted by atomic mass is 35.5. The van der Waals surface area contributed by atoms with Gasteiger partial charge < -0.3 is 5.32 Å². The van der Waals surface area contributed by atoms with Crippen molar-refractivity contribution in [1.29, 1.82) is 0 Å². The predicted molar refractivity (Wildman–Crippen MR) is 118 cm³/mol. The Morgan fingerprint density at radius 3 is 2.03 bits per heavy atom. The summed E-state index contributed by atoms with van der Waals surface area (Å²) in [5, 5.41) is 1.24. The number of halogens is 2. The smallest absolute Gasteiger partial charge is 0.293 e. The number of carbonyl (C=O) groups is 2. The molecule has 154 valence electrons. The van der Waals surface area contributed by atoms with Crippen molar-refractivity contribution in [3.8, 4) is 0 Å². The van der Waals surface area contributed by atoms with Crippen LogP contribution in [0.15, 0.2) is 78.9 Å². The van der Waals surface area contributed by atoms with Crippen molar-refractivity contribution in [1.82, 2.24) is 0 Å². The number of amides is 1. The van der Waals surface area contributed by atoms with E-state index in [0.29, 0.717) is 5.56 Å². The number of anilines is 1. The maximum absolute atomic E-state index is 13.2. The molecule has 1 atom stereocenters. The van der Waals surface area contributed by atoms with E-state index < -0.39 is 26.8 Å². The number of rotatable bonds is 7. The number of hydrogen-bond donors (Lipinski definition) is 1. The Labute approximate surface area is 184 Å². The van der Waals surface area contributed by atoms with Crippen molar-refractivity contribution < 1.29 is 18.0 Å². The van der Waals surface area contributed by atoms with Crippen LogP contribution in [0.2, 0.25) is 10.0 Å². The van der Waals surface area contributed by atoms with E-state index in [2.05, 4.69) is 5.32 Å². The van der Waals surface area contributed by atoms with Crippen LogP contribution in [0.5, 0.6) is 0 Å². The first-order chi connectivity index (χ1) is 14.3. The lowest BCUT2D eigenvalue weighted by molar-refractivity contribution is -0.134. The molecule has 3 rings (SSSR count). The van der Waals surface area contributed by atoms with E-state index in [1.807, 2.05) is 0 Å². The number of Topliss-reactive ketones (excluding diaryl/α,β-unsaturated/α-hetero) is 1. The highest BCUT2D eigenvalue weighted by Crippen LogP contribution is 2.29. The molecule has 0 spiro atoms. The van der Waals surface area contributed by atoms with Gasteiger partial charge in [0.2, 0.25) is 5.78 Å². The van der Waals surface area contributed by atoms with Crippen molar-refractivity contribution >= 4 is 50.4 Å². The van der Waals surface area contributed by atoms with Crippen molar-refractivity contribution in [2.24, 2.45) is 0 Å². The Balaban J connectivity index is 1.92. The average Bonchev–Trinajstić information content (AvgIpc) is 2.72. The fourth-order valence-electron chi connectivity index (χ4n) is 2.93. The monoisotopic (exact) mass is 461 g/mol. The molecule has 5 nitrogen and oxygen atoms in total. The van der Waals surface area contributed by atoms with Crippen LogP contribution in [0.4, 0.5) is 5.69 Å². The summed E-state index contributed by atoms with van der Waals surface area (Å²) in [4.78, 5) is 25.6. The molecule has 1 N–H and O–H groups in total. The molecule has 0 saturated carbocycles. The summed E-state index contributed by atoms with van der Waals surface area (Å²) in [5.74, 6) is -2.51. The number of ketones is 1. The zero-order chi connectivity index (χ0) is 21.7. The second kappa shape index (κ2) is 9.43. The molecule has 3 aromatic rings. The summed E-state index contributed by atoms with van der Waals surface area (Å²) in [5.41, 5.74) is 0.980. The normalized spacial score (nSPS) is 12.2. The zero-order valence-corrected chi connectivity index (χ0v) is 17.9. The predicted octanol–water partition coefficient (Wildman–Crippen LogP) is 4.86. The van der Waals surface area contributed by atoms with Crippen LogP contribution >= 0.6 is 23.2 Å². The Hall–Kier alpha value is -2.67. The van der Waals surface area contributed by atoms with Gasteiger partial charge in [0.1, 0.15) is 0 Å². The van der Waals surface area contributed by atoms with Crippen LogP contribution in [0, 0.1) is 0 Å². The van der Waals surface area contributed by atoms with E-state index in [4.69, 9.17) is 23.2 Å². The van der Waals surface area contributed by atoms with E-state index in [-0.39, 0.29) is 27.0 Å². The molecule has 0 aromatic heterocycles. The third-order valence-electron chi connectivity index (χ3n) is 4.31. The summed E-state index contributed by atoms with van der Waals surface area (Å²) in [6.07, 6.45) is 0. The molecule has 0 aliphatic heterocycles. The number of carbonyl (C=O) groups excluding carboxylic acids is 2. The summed E-state index contributed by atoms with van der Waals surface area (Å²) in [6.45, 7) is 0. The lowest BCUT2D eigenvalue weighted by Crippen LogP contribution is -2.33. The first-order valence-electron chi connectivity index (χ1n) is 8.88. The van der Waals surface area contributed by atoms with Crippen LogP contribution in [-0.2, 0) is 25.2 Å². The van der Waals surface area contributed by atoms with E-state index in [9.17, 15) is 18.0 Å². The van der Waals surface area contributed by atoms with Gasteiger partial charge in [-0.25, -0.2) is 8.42 Å². The van der Waals surface area contributed by atoms with Gasteiger partial charge in [-0.2, -0.15) is 0 Å². The Morgan fingerprint density at radius 1 is 0.833 bits per heavy atom. The molecule has 0 aliphatic rings. The van der Waals surface area contributed by atoms with E-state index in [0.717, 1.165) is 0 Å². The third-order valence-corrected chi connectivity index (χ3v) is 6.99. The summed E-state index contributed by atoms with van der Waals surface area (Å²) >= 11 is 11.8. The molecule has 0 aliphatic carbocycles. The summed E-state index contributed by atoms with van der Waals surface area (Å²) in [6, 6.07) is 20.8. The molecule has 0 bridgehead atoms. The number of benzene rings is 3. The van der Waals surface area contributed by atoms with Gasteiger partial charge in [0.25, 0.3) is 5.91 Å². The molecular formula is C22H17Cl2NO4S. The van der Waals surface area contributed by atoms with Crippen molar-refractivity contribution in [2.75, 3.05) is 5.32 Å². The Kier molecular flexibility index (Phi) is 6.92. The minimum atomic E-state index is -4.04. The van der Waals surface area contributed by atoms with Crippen molar-refractivity contribution in [3.63, 3.8) is 0 Å². The minimum absolute atomic E-state index is 0.193. The fraction of sp³-hybridized carbons (Fsp3) is 0.0909. The lowest BCUT2D eigenvalue weighted by Gasteiger charge is -2.17. The van der Waals surface area contributed by atoms with E-state index in [1.54, 1.807) is 48.5 Å². The van der Waals surface area contributed by atoms with Gasteiger partial charge in [-0.05, 0) is 29.3 Å². The second-order valence-corrected chi connectivity index (χ2v) is 9.43. The Morgan fingerprint density at radius 2 is 1.43 bits per heavy atom. The first kappa shape index (κ1) is 22.0. The van der Waals surface area contributed by atoms with Gasteiger partial charge in [-0.1, -0.05) is 83.9 Å². The van der Waals surface area contributed by atoms with Gasteiger partial charge in [0.05, 0.1) is 15.8 Å². The highest BCUT2D eigenvalue weighted by molar-refractivity contribution is 7.91. The molecule has 0 unspecified atom stereocenters. The van der Waals surface area contributed by atoms with Gasteiger partial charge >= 0.3 is 0 Å². The van der Waals surface area contributed by atoms with Crippen LogP contribution in [0.25, 0.3) is 0 Å². The molecular weight excluding hydrogens is 445 g/mol. The number of hydrogen-bond acceptors (Lipinski definition) is 4. The van der Waals surface area contributed by atoms with Crippen LogP contribution in [0.1, 0.15) is 16.4 Å². The minimum Gasteiger partial charge on any atom is -0.319 e. The second-order valence-electron chi connectivity index (χ2n) is 6.53. The van der Waals surface area contributed by atoms with Gasteiger partial charge in [0, 0.05) is 5.69 Å². The van der Waals surface area contributed by atoms with Crippen molar-refractivity contribution in [2.45, 2.75) is 11.0 Å². The first-order valence-corrected chi connectivity index (χ1v) is 11.4. The maximum atomic E-state index is 13.2. The number of sulfone groups is 1. The van der Waals surface area contributed by atoms with Crippen LogP contribution in [0.3, 0.4) is 0 Å². The van der Waals surface area contributed by atoms with Crippen LogP contribution < -0.4 is 5.32 Å². The Bertz CT molecular complexity index is 1170. The topological polar surface area (TPSA) is 80.3 Å². The number of nitrogens with one attached hydrogen (secondary N) is 1. The molecule has 0 fully saturated rings. The van der Waals surface area contributed by atoms with Gasteiger partial charge in [-0.15, -0.1) is 0 Å². The van der Waals surface area contributed by atoms with Gasteiger partial charge in [0.15, 0.2) is 15.1 Å². The largest absolute Gasteiger partial charge is 0.319 e. The molecule has 8 heteroatoms. The fourth-order valence-corrected chi connectivity index (χ4v) is 5.05. The average molecular weight is 462 g/mol. The lowest BCUT2D eigenvalue weighted by atomic mass is 10.1. The molecule has 3 aromatic carbocycles. The van der Waals surface area contributed by atoms with E-state index in [1.165, 1.54) is 30.3 Å². The molecule has 0 saturated heterocycles. The van der Waals surface area contributed by atoms with E-state index >= 15 is 0 Å². The third kappa shape index (κ3) is 5.27.